The van der Waals surface area contributed by atoms with Crippen LogP contribution in [0.4, 0.5) is 0 Å². The number of benzene rings is 1. The molecule has 3 rings (SSSR count). The van der Waals surface area contributed by atoms with Gasteiger partial charge in [0.1, 0.15) is 0 Å². The van der Waals surface area contributed by atoms with Crippen LogP contribution in [0.2, 0.25) is 0 Å². The molecule has 0 unspecified atom stereocenters. The van der Waals surface area contributed by atoms with E-state index in [1.165, 1.54) is 12.8 Å². The monoisotopic (exact) mass is 370 g/mol. The van der Waals surface area contributed by atoms with Crippen LogP contribution in [0.1, 0.15) is 18.4 Å². The van der Waals surface area contributed by atoms with Crippen LogP contribution >= 0.6 is 0 Å². The number of hydrogen-bond acceptors (Lipinski definition) is 5. The summed E-state index contributed by atoms with van der Waals surface area (Å²) in [6.45, 7) is 1.61. The van der Waals surface area contributed by atoms with Crippen LogP contribution in [0.25, 0.3) is 0 Å². The molecule has 0 spiro atoms. The van der Waals surface area contributed by atoms with Gasteiger partial charge in [-0.1, -0.05) is 12.1 Å². The largest absolute Gasteiger partial charge is 0.493 e. The number of methoxy groups -OCH3 is 2. The fraction of sp³-hybridized carbons (Fsp3) is 0.400. The Balaban J connectivity index is 1.59. The van der Waals surface area contributed by atoms with E-state index < -0.39 is 0 Å². The summed E-state index contributed by atoms with van der Waals surface area (Å²) in [5.74, 6) is 3.76. The number of ether oxygens (including phenoxy) is 3. The molecule has 0 radical (unpaired) electrons. The van der Waals surface area contributed by atoms with Crippen molar-refractivity contribution in [1.82, 2.24) is 15.6 Å². The number of pyridine rings is 1. The normalized spacial score (nSPS) is 13.8. The molecule has 0 bridgehead atoms. The van der Waals surface area contributed by atoms with Crippen LogP contribution < -0.4 is 24.8 Å². The van der Waals surface area contributed by atoms with Crippen molar-refractivity contribution in [2.24, 2.45) is 10.9 Å². The molecule has 1 saturated carbocycles. The molecule has 1 heterocycles. The molecule has 2 aromatic rings. The second-order valence-electron chi connectivity index (χ2n) is 6.35. The molecule has 1 aliphatic rings. The Morgan fingerprint density at radius 2 is 1.85 bits per heavy atom. The van der Waals surface area contributed by atoms with Crippen LogP contribution in [0.3, 0.4) is 0 Å². The second kappa shape index (κ2) is 9.12. The van der Waals surface area contributed by atoms with E-state index >= 15 is 0 Å². The highest BCUT2D eigenvalue weighted by Crippen LogP contribution is 2.39. The first-order valence-electron chi connectivity index (χ1n) is 9.01. The van der Waals surface area contributed by atoms with Gasteiger partial charge >= 0.3 is 0 Å². The van der Waals surface area contributed by atoms with Gasteiger partial charge in [0.2, 0.25) is 11.6 Å². The van der Waals surface area contributed by atoms with Crippen molar-refractivity contribution >= 4 is 5.96 Å². The summed E-state index contributed by atoms with van der Waals surface area (Å²) < 4.78 is 16.6. The topological polar surface area (TPSA) is 77.0 Å². The summed E-state index contributed by atoms with van der Waals surface area (Å²) in [5.41, 5.74) is 1.03. The minimum absolute atomic E-state index is 0.470. The lowest BCUT2D eigenvalue weighted by molar-refractivity contribution is 0.342. The van der Waals surface area contributed by atoms with Crippen LogP contribution in [0, 0.1) is 5.92 Å². The molecule has 144 valence electrons. The molecule has 1 fully saturated rings. The Kier molecular flexibility index (Phi) is 6.35. The third kappa shape index (κ3) is 5.26. The zero-order valence-electron chi connectivity index (χ0n) is 16.0. The molecule has 0 amide bonds. The second-order valence-corrected chi connectivity index (χ2v) is 6.35. The lowest BCUT2D eigenvalue weighted by Gasteiger charge is -2.14. The Morgan fingerprint density at radius 3 is 2.41 bits per heavy atom. The van der Waals surface area contributed by atoms with Gasteiger partial charge in [0.25, 0.3) is 0 Å². The third-order valence-corrected chi connectivity index (χ3v) is 4.33. The van der Waals surface area contributed by atoms with E-state index in [0.29, 0.717) is 29.7 Å². The maximum Gasteiger partial charge on any atom is 0.219 e. The van der Waals surface area contributed by atoms with E-state index in [4.69, 9.17) is 14.2 Å². The molecule has 0 aliphatic heterocycles. The molecule has 1 aromatic heterocycles. The van der Waals surface area contributed by atoms with E-state index in [1.54, 1.807) is 27.5 Å². The predicted octanol–water partition coefficient (Wildman–Crippen LogP) is 2.97. The number of nitrogens with one attached hydrogen (secondary N) is 2. The first-order chi connectivity index (χ1) is 13.2. The van der Waals surface area contributed by atoms with E-state index in [-0.39, 0.29) is 0 Å². The maximum atomic E-state index is 5.88. The van der Waals surface area contributed by atoms with E-state index in [0.717, 1.165) is 24.0 Å². The summed E-state index contributed by atoms with van der Waals surface area (Å²) in [4.78, 5) is 8.62. The van der Waals surface area contributed by atoms with Crippen molar-refractivity contribution in [2.45, 2.75) is 19.4 Å². The van der Waals surface area contributed by atoms with Crippen molar-refractivity contribution in [3.63, 3.8) is 0 Å². The lowest BCUT2D eigenvalue weighted by Crippen LogP contribution is -2.37. The van der Waals surface area contributed by atoms with Crippen molar-refractivity contribution < 1.29 is 14.2 Å². The van der Waals surface area contributed by atoms with Gasteiger partial charge in [0.05, 0.1) is 14.2 Å². The van der Waals surface area contributed by atoms with Crippen molar-refractivity contribution in [2.75, 3.05) is 27.8 Å². The number of aromatic nitrogens is 1. The highest BCUT2D eigenvalue weighted by Gasteiger charge is 2.21. The zero-order chi connectivity index (χ0) is 19.1. The Hall–Kier alpha value is -2.96. The maximum absolute atomic E-state index is 5.88. The Morgan fingerprint density at radius 1 is 1.11 bits per heavy atom. The smallest absolute Gasteiger partial charge is 0.219 e. The summed E-state index contributed by atoms with van der Waals surface area (Å²) in [6.07, 6.45) is 4.40. The van der Waals surface area contributed by atoms with Gasteiger partial charge in [-0.2, -0.15) is 0 Å². The Labute approximate surface area is 159 Å². The summed E-state index contributed by atoms with van der Waals surface area (Å²) >= 11 is 0. The molecule has 27 heavy (non-hydrogen) atoms. The predicted molar refractivity (Wildman–Crippen MR) is 105 cm³/mol. The van der Waals surface area contributed by atoms with Crippen LogP contribution in [-0.2, 0) is 6.54 Å². The minimum atomic E-state index is 0.470. The van der Waals surface area contributed by atoms with Crippen molar-refractivity contribution in [1.29, 1.82) is 0 Å². The zero-order valence-corrected chi connectivity index (χ0v) is 16.0. The number of para-hydroxylation sites is 1. The van der Waals surface area contributed by atoms with E-state index in [2.05, 4.69) is 20.6 Å². The molecule has 0 saturated heterocycles. The van der Waals surface area contributed by atoms with Gasteiger partial charge in [-0.25, -0.2) is 4.98 Å². The standard InChI is InChI=1S/C20H26N4O3/c1-21-20(23-11-14-7-8-14)24-13-15-9-10-18(22-12-15)27-19-16(25-2)5-4-6-17(19)26-3/h4-6,9-10,12,14H,7-8,11,13H2,1-3H3,(H2,21,23,24). The van der Waals surface area contributed by atoms with Crippen LogP contribution in [-0.4, -0.2) is 38.8 Å². The van der Waals surface area contributed by atoms with Gasteiger partial charge in [-0.05, 0) is 36.5 Å². The summed E-state index contributed by atoms with van der Waals surface area (Å²) in [6, 6.07) is 9.26. The summed E-state index contributed by atoms with van der Waals surface area (Å²) in [7, 11) is 4.96. The number of hydrogen-bond donors (Lipinski definition) is 2. The molecule has 7 nitrogen and oxygen atoms in total. The SMILES string of the molecule is CN=C(NCc1ccc(Oc2c(OC)cccc2OC)nc1)NCC1CC1. The van der Waals surface area contributed by atoms with Crippen molar-refractivity contribution in [3.05, 3.63) is 42.1 Å². The van der Waals surface area contributed by atoms with E-state index in [1.807, 2.05) is 30.3 Å². The van der Waals surface area contributed by atoms with Gasteiger partial charge in [-0.15, -0.1) is 0 Å². The van der Waals surface area contributed by atoms with Gasteiger partial charge in [-0.3, -0.25) is 4.99 Å². The Bertz CT molecular complexity index is 751. The quantitative estimate of drug-likeness (QED) is 0.550. The van der Waals surface area contributed by atoms with Gasteiger partial charge in [0.15, 0.2) is 17.5 Å². The molecular weight excluding hydrogens is 344 g/mol. The van der Waals surface area contributed by atoms with Crippen LogP contribution in [0.15, 0.2) is 41.5 Å². The first-order valence-corrected chi connectivity index (χ1v) is 9.01. The molecular formula is C20H26N4O3. The number of rotatable bonds is 8. The minimum Gasteiger partial charge on any atom is -0.493 e. The lowest BCUT2D eigenvalue weighted by atomic mass is 10.3. The molecule has 7 heteroatoms. The molecule has 1 aliphatic carbocycles. The number of nitrogens with zero attached hydrogens (tertiary/aromatic N) is 2. The van der Waals surface area contributed by atoms with Gasteiger partial charge < -0.3 is 24.8 Å². The summed E-state index contributed by atoms with van der Waals surface area (Å²) in [5, 5.41) is 6.63. The highest BCUT2D eigenvalue weighted by atomic mass is 16.5. The van der Waals surface area contributed by atoms with Crippen LogP contribution in [0.5, 0.6) is 23.1 Å². The number of guanidine groups is 1. The number of aliphatic imine (C=N–C) groups is 1. The molecule has 2 N–H and O–H groups in total. The molecule has 1 aromatic carbocycles. The highest BCUT2D eigenvalue weighted by molar-refractivity contribution is 5.79. The molecule has 0 atom stereocenters. The fourth-order valence-electron chi connectivity index (χ4n) is 2.57. The average molecular weight is 370 g/mol. The fourth-order valence-corrected chi connectivity index (χ4v) is 2.57. The van der Waals surface area contributed by atoms with Gasteiger partial charge in [0, 0.05) is 32.4 Å². The first kappa shape index (κ1) is 18.8. The third-order valence-electron chi connectivity index (χ3n) is 4.33. The van der Waals surface area contributed by atoms with E-state index in [9.17, 15) is 0 Å². The van der Waals surface area contributed by atoms with Crippen molar-refractivity contribution in [3.8, 4) is 23.1 Å². The average Bonchev–Trinajstić information content (AvgIpc) is 3.54.